The van der Waals surface area contributed by atoms with Crippen molar-refractivity contribution in [2.75, 3.05) is 20.1 Å². The van der Waals surface area contributed by atoms with Crippen LogP contribution < -0.4 is 5.73 Å². The maximum atomic E-state index is 5.95. The third-order valence-electron chi connectivity index (χ3n) is 8.01. The van der Waals surface area contributed by atoms with E-state index >= 15 is 0 Å². The molecule has 3 unspecified atom stereocenters. The van der Waals surface area contributed by atoms with Crippen LogP contribution >= 0.6 is 12.2 Å². The summed E-state index contributed by atoms with van der Waals surface area (Å²) in [5.74, 6) is 0.830. The number of nitrogens with two attached hydrogens (primary N) is 1. The summed E-state index contributed by atoms with van der Waals surface area (Å²) >= 11 is 5.40. The molecule has 1 aromatic carbocycles. The fraction of sp³-hybridized carbons (Fsp3) is 0.741. The number of piperidine rings is 1. The van der Waals surface area contributed by atoms with Crippen LogP contribution in [0.2, 0.25) is 0 Å². The van der Waals surface area contributed by atoms with Gasteiger partial charge < -0.3 is 10.6 Å². The van der Waals surface area contributed by atoms with Gasteiger partial charge in [0.15, 0.2) is 0 Å². The van der Waals surface area contributed by atoms with Crippen molar-refractivity contribution < 1.29 is 0 Å². The minimum Gasteiger partial charge on any atom is -0.327 e. The zero-order valence-corrected chi connectivity index (χ0v) is 21.0. The summed E-state index contributed by atoms with van der Waals surface area (Å²) in [4.78, 5) is 2.35. The van der Waals surface area contributed by atoms with E-state index < -0.39 is 0 Å². The average Bonchev–Trinajstić information content (AvgIpc) is 2.64. The summed E-state index contributed by atoms with van der Waals surface area (Å²) in [5, 5.41) is 2.06. The van der Waals surface area contributed by atoms with Crippen LogP contribution in [0.1, 0.15) is 78.7 Å². The Kier molecular flexibility index (Phi) is 6.88. The summed E-state index contributed by atoms with van der Waals surface area (Å²) < 4.78 is 0. The predicted molar refractivity (Wildman–Crippen MR) is 134 cm³/mol. The van der Waals surface area contributed by atoms with Gasteiger partial charge in [0.1, 0.15) is 0 Å². The Hall–Kier alpha value is -0.770. The molecular weight excluding hydrogens is 384 g/mol. The summed E-state index contributed by atoms with van der Waals surface area (Å²) in [5.41, 5.74) is 8.85. The summed E-state index contributed by atoms with van der Waals surface area (Å²) in [6.45, 7) is 14.1. The van der Waals surface area contributed by atoms with E-state index in [-0.39, 0.29) is 5.41 Å². The smallest absolute Gasteiger partial charge is 0.0115 e. The molecule has 0 spiro atoms. The predicted octanol–water partition coefficient (Wildman–Crippen LogP) is 6.23. The van der Waals surface area contributed by atoms with Gasteiger partial charge in [0.05, 0.1) is 0 Å². The molecule has 1 heterocycles. The van der Waals surface area contributed by atoms with Crippen LogP contribution in [0.3, 0.4) is 0 Å². The lowest BCUT2D eigenvalue weighted by Gasteiger charge is -2.56. The second-order valence-corrected chi connectivity index (χ2v) is 12.8. The van der Waals surface area contributed by atoms with Crippen LogP contribution in [-0.2, 0) is 5.41 Å². The molecule has 1 aromatic rings. The Morgan fingerprint density at radius 1 is 1.00 bits per heavy atom. The highest BCUT2D eigenvalue weighted by Gasteiger charge is 2.52. The lowest BCUT2D eigenvalue weighted by molar-refractivity contribution is 0.0152. The number of nitrogens with zero attached hydrogens (tertiary/aromatic N) is 1. The highest BCUT2D eigenvalue weighted by atomic mass is 32.1. The molecule has 0 aromatic heterocycles. The van der Waals surface area contributed by atoms with E-state index in [1.54, 1.807) is 5.56 Å². The third-order valence-corrected chi connectivity index (χ3v) is 8.58. The molecule has 2 aliphatic carbocycles. The molecule has 0 radical (unpaired) electrons. The summed E-state index contributed by atoms with van der Waals surface area (Å²) in [6, 6.07) is 11.6. The molecule has 0 amide bonds. The minimum absolute atomic E-state index is 0.241. The lowest BCUT2D eigenvalue weighted by atomic mass is 9.48. The molecule has 3 fully saturated rings. The van der Waals surface area contributed by atoms with Crippen molar-refractivity contribution in [3.63, 3.8) is 0 Å². The maximum absolute atomic E-state index is 5.95. The Balaban J connectivity index is 0.000000216. The van der Waals surface area contributed by atoms with Gasteiger partial charge in [0.25, 0.3) is 0 Å². The zero-order valence-electron chi connectivity index (χ0n) is 20.2. The Morgan fingerprint density at radius 2 is 1.67 bits per heavy atom. The molecule has 2 bridgehead atoms. The van der Waals surface area contributed by atoms with Gasteiger partial charge in [-0.05, 0) is 90.6 Å². The number of rotatable bonds is 2. The van der Waals surface area contributed by atoms with Crippen molar-refractivity contribution in [2.45, 2.75) is 84.6 Å². The van der Waals surface area contributed by atoms with E-state index in [9.17, 15) is 0 Å². The van der Waals surface area contributed by atoms with E-state index in [0.717, 1.165) is 25.4 Å². The number of likely N-dealkylation sites (tertiary alicyclic amines) is 1. The van der Waals surface area contributed by atoms with Crippen LogP contribution in [-0.4, -0.2) is 36.4 Å². The highest BCUT2D eigenvalue weighted by molar-refractivity contribution is 7.79. The summed E-state index contributed by atoms with van der Waals surface area (Å²) in [6.07, 6.45) is 7.68. The van der Waals surface area contributed by atoms with E-state index in [2.05, 4.69) is 82.3 Å². The molecule has 4 rings (SSSR count). The van der Waals surface area contributed by atoms with Crippen LogP contribution in [0.15, 0.2) is 30.3 Å². The van der Waals surface area contributed by atoms with E-state index in [4.69, 9.17) is 18.0 Å². The Bertz CT molecular complexity index is 728. The molecule has 2 N–H and O–H groups in total. The third kappa shape index (κ3) is 5.34. The van der Waals surface area contributed by atoms with Gasteiger partial charge in [-0.15, -0.1) is 0 Å². The molecule has 3 heteroatoms. The first-order valence-electron chi connectivity index (χ1n) is 11.8. The van der Waals surface area contributed by atoms with Gasteiger partial charge in [0, 0.05) is 12.6 Å². The normalized spacial score (nSPS) is 37.6. The van der Waals surface area contributed by atoms with Crippen LogP contribution in [0.5, 0.6) is 0 Å². The minimum atomic E-state index is 0.241. The van der Waals surface area contributed by atoms with E-state index in [1.165, 1.54) is 32.1 Å². The number of hydrogen-bond donors (Lipinski definition) is 1. The van der Waals surface area contributed by atoms with Crippen molar-refractivity contribution in [2.24, 2.45) is 27.9 Å². The largest absolute Gasteiger partial charge is 0.327 e. The van der Waals surface area contributed by atoms with Gasteiger partial charge >= 0.3 is 0 Å². The number of hydrogen-bond acceptors (Lipinski definition) is 3. The highest BCUT2D eigenvalue weighted by Crippen LogP contribution is 2.60. The first-order chi connectivity index (χ1) is 13.9. The van der Waals surface area contributed by atoms with Crippen molar-refractivity contribution in [1.82, 2.24) is 4.90 Å². The quantitative estimate of drug-likeness (QED) is 0.566. The molecule has 168 valence electrons. The van der Waals surface area contributed by atoms with Crippen LogP contribution in [0.25, 0.3) is 0 Å². The molecule has 30 heavy (non-hydrogen) atoms. The molecule has 2 saturated carbocycles. The Labute approximate surface area is 191 Å². The van der Waals surface area contributed by atoms with Crippen molar-refractivity contribution >= 4 is 17.6 Å². The first-order valence-corrected chi connectivity index (χ1v) is 12.3. The number of thiocarbonyl (C=S) groups is 1. The molecule has 1 aliphatic heterocycles. The average molecular weight is 429 g/mol. The van der Waals surface area contributed by atoms with Crippen LogP contribution in [0.4, 0.5) is 0 Å². The van der Waals surface area contributed by atoms with Gasteiger partial charge in [-0.3, -0.25) is 0 Å². The monoisotopic (exact) mass is 428 g/mol. The zero-order chi connectivity index (χ0) is 22.2. The molecule has 4 atom stereocenters. The second-order valence-electron chi connectivity index (χ2n) is 12.5. The van der Waals surface area contributed by atoms with E-state index in [0.29, 0.717) is 22.3 Å². The van der Waals surface area contributed by atoms with Crippen molar-refractivity contribution in [3.05, 3.63) is 35.9 Å². The first kappa shape index (κ1) is 23.9. The van der Waals surface area contributed by atoms with Crippen LogP contribution in [0, 0.1) is 22.2 Å². The number of benzene rings is 1. The maximum Gasteiger partial charge on any atom is 0.0115 e. The fourth-order valence-corrected chi connectivity index (χ4v) is 7.28. The fourth-order valence-electron chi connectivity index (χ4n) is 7.10. The number of fused-ring (bicyclic) bond motifs is 2. The second kappa shape index (κ2) is 8.64. The van der Waals surface area contributed by atoms with Gasteiger partial charge in [-0.1, -0.05) is 77.2 Å². The van der Waals surface area contributed by atoms with Gasteiger partial charge in [0.2, 0.25) is 0 Å². The molecule has 3 aliphatic rings. The van der Waals surface area contributed by atoms with Gasteiger partial charge in [-0.2, -0.15) is 0 Å². The lowest BCUT2D eigenvalue weighted by Crippen LogP contribution is -2.51. The standard InChI is InChI=1S/C19H26S.C8H18N2/c1-17(2)9-15-10-18(3,14-20)13-19(11-15,12-17)16-7-5-4-6-8-16;1-8(2)6-10(3)5-4-7(8)9/h4-8,14-15H,9-13H2,1-3H3;7H,4-6,9H2,1-3H3/t;7-/m.0/s1. The molecular formula is C27H44N2S. The SMILES string of the molecule is CC1(C)CC2CC(C)(C=S)CC(c3ccccc3)(C2)C1.CN1CC[C@H](N)C(C)(C)C1. The van der Waals surface area contributed by atoms with E-state index in [1.807, 2.05) is 0 Å². The van der Waals surface area contributed by atoms with Gasteiger partial charge in [-0.25, -0.2) is 0 Å². The summed E-state index contributed by atoms with van der Waals surface area (Å²) in [7, 11) is 2.16. The van der Waals surface area contributed by atoms with Crippen molar-refractivity contribution in [1.29, 1.82) is 0 Å². The van der Waals surface area contributed by atoms with Crippen molar-refractivity contribution in [3.8, 4) is 0 Å². The Morgan fingerprint density at radius 3 is 2.23 bits per heavy atom. The topological polar surface area (TPSA) is 29.3 Å². The molecule has 2 nitrogen and oxygen atoms in total. The molecule has 1 saturated heterocycles.